The number of hydrogen-bond donors (Lipinski definition) is 1. The van der Waals surface area contributed by atoms with E-state index < -0.39 is 12.0 Å². The van der Waals surface area contributed by atoms with Crippen molar-refractivity contribution in [2.75, 3.05) is 7.11 Å². The molecule has 1 atom stereocenters. The van der Waals surface area contributed by atoms with E-state index in [9.17, 15) is 9.59 Å². The zero-order valence-corrected chi connectivity index (χ0v) is 8.47. The third-order valence-electron chi connectivity index (χ3n) is 1.96. The van der Waals surface area contributed by atoms with Gasteiger partial charge < -0.3 is 9.53 Å². The number of aldehydes is 1. The van der Waals surface area contributed by atoms with Crippen molar-refractivity contribution in [2.24, 2.45) is 0 Å². The molecule has 1 N–H and O–H groups in total. The van der Waals surface area contributed by atoms with Gasteiger partial charge in [-0.3, -0.25) is 5.32 Å². The molecule has 0 aromatic heterocycles. The maximum absolute atomic E-state index is 11.0. The summed E-state index contributed by atoms with van der Waals surface area (Å²) in [5, 5.41) is 2.79. The first-order valence-electron chi connectivity index (χ1n) is 4.58. The Morgan fingerprint density at radius 1 is 1.47 bits per heavy atom. The molecular formula is C11H13NO3. The molecule has 0 spiro atoms. The molecule has 0 aliphatic heterocycles. The van der Waals surface area contributed by atoms with Gasteiger partial charge in [-0.1, -0.05) is 30.3 Å². The predicted molar refractivity (Wildman–Crippen MR) is 55.1 cm³/mol. The van der Waals surface area contributed by atoms with Gasteiger partial charge in [0.05, 0.1) is 7.11 Å². The monoisotopic (exact) mass is 207 g/mol. The molecule has 4 nitrogen and oxygen atoms in total. The molecule has 15 heavy (non-hydrogen) atoms. The number of ether oxygens (including phenoxy) is 1. The molecule has 0 saturated heterocycles. The van der Waals surface area contributed by atoms with E-state index in [0.717, 1.165) is 5.56 Å². The summed E-state index contributed by atoms with van der Waals surface area (Å²) in [6.45, 7) is 0.458. The van der Waals surface area contributed by atoms with E-state index in [0.29, 0.717) is 12.8 Å². The highest BCUT2D eigenvalue weighted by Crippen LogP contribution is 1.98. The third-order valence-corrected chi connectivity index (χ3v) is 1.96. The minimum Gasteiger partial charge on any atom is -0.468 e. The third kappa shape index (κ3) is 3.52. The highest BCUT2D eigenvalue weighted by atomic mass is 16.5. The summed E-state index contributed by atoms with van der Waals surface area (Å²) in [7, 11) is 1.25. The van der Waals surface area contributed by atoms with Gasteiger partial charge in [0, 0.05) is 6.54 Å². The summed E-state index contributed by atoms with van der Waals surface area (Å²) in [6.07, 6.45) is 0.536. The molecule has 0 radical (unpaired) electrons. The minimum absolute atomic E-state index is 0.458. The zero-order chi connectivity index (χ0) is 11.1. The van der Waals surface area contributed by atoms with E-state index in [1.54, 1.807) is 0 Å². The van der Waals surface area contributed by atoms with Crippen LogP contribution in [0.4, 0.5) is 0 Å². The van der Waals surface area contributed by atoms with Crippen LogP contribution in [0.3, 0.4) is 0 Å². The lowest BCUT2D eigenvalue weighted by Crippen LogP contribution is -2.38. The fraction of sp³-hybridized carbons (Fsp3) is 0.273. The van der Waals surface area contributed by atoms with Crippen LogP contribution in [-0.4, -0.2) is 25.4 Å². The first-order valence-corrected chi connectivity index (χ1v) is 4.58. The van der Waals surface area contributed by atoms with Gasteiger partial charge in [-0.05, 0) is 5.56 Å². The normalized spacial score (nSPS) is 11.8. The standard InChI is InChI=1S/C11H13NO3/c1-15-11(14)10(8-13)12-7-9-5-3-2-4-6-9/h2-6,8,10,12H,7H2,1H3. The average Bonchev–Trinajstić information content (AvgIpc) is 2.31. The van der Waals surface area contributed by atoms with Crippen molar-refractivity contribution in [3.05, 3.63) is 35.9 Å². The van der Waals surface area contributed by atoms with Gasteiger partial charge >= 0.3 is 5.97 Å². The fourth-order valence-corrected chi connectivity index (χ4v) is 1.14. The Balaban J connectivity index is 2.48. The van der Waals surface area contributed by atoms with E-state index in [2.05, 4.69) is 10.1 Å². The molecule has 0 amide bonds. The summed E-state index contributed by atoms with van der Waals surface area (Å²) in [5.74, 6) is -0.569. The lowest BCUT2D eigenvalue weighted by atomic mass is 10.2. The van der Waals surface area contributed by atoms with Crippen LogP contribution in [0.5, 0.6) is 0 Å². The second-order valence-electron chi connectivity index (χ2n) is 3.00. The molecule has 0 fully saturated rings. The van der Waals surface area contributed by atoms with Crippen LogP contribution in [0.1, 0.15) is 5.56 Å². The Hall–Kier alpha value is -1.68. The fourth-order valence-electron chi connectivity index (χ4n) is 1.14. The highest BCUT2D eigenvalue weighted by molar-refractivity contribution is 5.91. The van der Waals surface area contributed by atoms with Crippen molar-refractivity contribution < 1.29 is 14.3 Å². The Labute approximate surface area is 88.2 Å². The van der Waals surface area contributed by atoms with E-state index in [1.807, 2.05) is 30.3 Å². The summed E-state index contributed by atoms with van der Waals surface area (Å²) in [5.41, 5.74) is 1.01. The molecule has 0 saturated carbocycles. The molecule has 1 unspecified atom stereocenters. The first kappa shape index (κ1) is 11.4. The second kappa shape index (κ2) is 5.93. The number of esters is 1. The molecular weight excluding hydrogens is 194 g/mol. The molecule has 1 aromatic carbocycles. The Bertz CT molecular complexity index is 324. The number of nitrogens with one attached hydrogen (secondary N) is 1. The topological polar surface area (TPSA) is 55.4 Å². The van der Waals surface area contributed by atoms with Crippen molar-refractivity contribution in [3.8, 4) is 0 Å². The van der Waals surface area contributed by atoms with Crippen molar-refractivity contribution in [2.45, 2.75) is 12.6 Å². The van der Waals surface area contributed by atoms with Gasteiger partial charge in [-0.25, -0.2) is 4.79 Å². The van der Waals surface area contributed by atoms with Crippen molar-refractivity contribution >= 4 is 12.3 Å². The van der Waals surface area contributed by atoms with E-state index >= 15 is 0 Å². The number of benzene rings is 1. The van der Waals surface area contributed by atoms with Crippen LogP contribution in [0.25, 0.3) is 0 Å². The molecule has 1 rings (SSSR count). The van der Waals surface area contributed by atoms with Gasteiger partial charge in [0.1, 0.15) is 6.29 Å². The summed E-state index contributed by atoms with van der Waals surface area (Å²) < 4.78 is 4.46. The van der Waals surface area contributed by atoms with Gasteiger partial charge in [0.2, 0.25) is 0 Å². The van der Waals surface area contributed by atoms with E-state index in [4.69, 9.17) is 0 Å². The van der Waals surface area contributed by atoms with Gasteiger partial charge in [0.25, 0.3) is 0 Å². The lowest BCUT2D eigenvalue weighted by Gasteiger charge is -2.09. The number of carbonyl (C=O) groups is 2. The van der Waals surface area contributed by atoms with Gasteiger partial charge in [-0.2, -0.15) is 0 Å². The summed E-state index contributed by atoms with van der Waals surface area (Å²) >= 11 is 0. The molecule has 1 aromatic rings. The maximum Gasteiger partial charge on any atom is 0.330 e. The van der Waals surface area contributed by atoms with Crippen molar-refractivity contribution in [1.82, 2.24) is 5.32 Å². The van der Waals surface area contributed by atoms with Crippen LogP contribution in [0.2, 0.25) is 0 Å². The van der Waals surface area contributed by atoms with Crippen LogP contribution in [0.15, 0.2) is 30.3 Å². The Kier molecular flexibility index (Phi) is 4.50. The highest BCUT2D eigenvalue weighted by Gasteiger charge is 2.16. The molecule has 0 heterocycles. The second-order valence-corrected chi connectivity index (χ2v) is 3.00. The van der Waals surface area contributed by atoms with Crippen molar-refractivity contribution in [1.29, 1.82) is 0 Å². The largest absolute Gasteiger partial charge is 0.468 e. The van der Waals surface area contributed by atoms with Crippen LogP contribution < -0.4 is 5.32 Å². The first-order chi connectivity index (χ1) is 7.27. The number of methoxy groups -OCH3 is 1. The van der Waals surface area contributed by atoms with Gasteiger partial charge in [0.15, 0.2) is 6.04 Å². The van der Waals surface area contributed by atoms with Crippen LogP contribution in [0, 0.1) is 0 Å². The average molecular weight is 207 g/mol. The molecule has 0 bridgehead atoms. The molecule has 4 heteroatoms. The van der Waals surface area contributed by atoms with E-state index in [-0.39, 0.29) is 0 Å². The zero-order valence-electron chi connectivity index (χ0n) is 8.47. The molecule has 80 valence electrons. The lowest BCUT2D eigenvalue weighted by molar-refractivity contribution is -0.144. The summed E-state index contributed by atoms with van der Waals surface area (Å²) in [6, 6.07) is 8.62. The number of carbonyl (C=O) groups excluding carboxylic acids is 2. The van der Waals surface area contributed by atoms with E-state index in [1.165, 1.54) is 7.11 Å². The van der Waals surface area contributed by atoms with Crippen LogP contribution in [-0.2, 0) is 20.9 Å². The Morgan fingerprint density at radius 2 is 2.13 bits per heavy atom. The SMILES string of the molecule is COC(=O)C(C=O)NCc1ccccc1. The summed E-state index contributed by atoms with van der Waals surface area (Å²) in [4.78, 5) is 21.6. The maximum atomic E-state index is 11.0. The van der Waals surface area contributed by atoms with Gasteiger partial charge in [-0.15, -0.1) is 0 Å². The Morgan fingerprint density at radius 3 is 2.67 bits per heavy atom. The molecule has 0 aliphatic carbocycles. The van der Waals surface area contributed by atoms with Crippen LogP contribution >= 0.6 is 0 Å². The predicted octanol–water partition coefficient (Wildman–Crippen LogP) is 0.517. The number of rotatable bonds is 5. The smallest absolute Gasteiger partial charge is 0.330 e. The number of hydrogen-bond acceptors (Lipinski definition) is 4. The molecule has 0 aliphatic rings. The quantitative estimate of drug-likeness (QED) is 0.434. The van der Waals surface area contributed by atoms with Crippen molar-refractivity contribution in [3.63, 3.8) is 0 Å². The minimum atomic E-state index is -0.893.